The van der Waals surface area contributed by atoms with E-state index in [1.54, 1.807) is 16.2 Å². The smallest absolute Gasteiger partial charge is 0.242 e. The van der Waals surface area contributed by atoms with E-state index in [-0.39, 0.29) is 30.3 Å². The summed E-state index contributed by atoms with van der Waals surface area (Å²) < 4.78 is 0. The number of rotatable bonds is 8. The molecule has 0 spiro atoms. The van der Waals surface area contributed by atoms with Gasteiger partial charge >= 0.3 is 0 Å². The third-order valence-electron chi connectivity index (χ3n) is 5.93. The fourth-order valence-electron chi connectivity index (χ4n) is 4.25. The predicted octanol–water partition coefficient (Wildman–Crippen LogP) is 5.21. The fourth-order valence-corrected chi connectivity index (χ4v) is 5.16. The van der Waals surface area contributed by atoms with E-state index in [9.17, 15) is 9.59 Å². The fraction of sp³-hybridized carbons (Fsp3) is 0.520. The van der Waals surface area contributed by atoms with E-state index < -0.39 is 0 Å². The average molecular weight is 427 g/mol. The zero-order chi connectivity index (χ0) is 21.7. The number of hydrogen-bond acceptors (Lipinski definition) is 3. The highest BCUT2D eigenvalue weighted by atomic mass is 32.1. The van der Waals surface area contributed by atoms with Crippen molar-refractivity contribution in [2.24, 2.45) is 5.92 Å². The Labute approximate surface area is 184 Å². The Balaban J connectivity index is 1.87. The minimum Gasteiger partial charge on any atom is -0.333 e. The van der Waals surface area contributed by atoms with Crippen LogP contribution in [0.3, 0.4) is 0 Å². The third kappa shape index (κ3) is 4.94. The van der Waals surface area contributed by atoms with Crippen LogP contribution >= 0.6 is 11.3 Å². The van der Waals surface area contributed by atoms with Gasteiger partial charge in [0.15, 0.2) is 0 Å². The number of fused-ring (bicyclic) bond motifs is 1. The number of aryl methyl sites for hydroxylation is 1. The molecule has 2 amide bonds. The number of benzene rings is 1. The first-order chi connectivity index (χ1) is 14.4. The summed E-state index contributed by atoms with van der Waals surface area (Å²) in [6.07, 6.45) is 4.00. The second-order valence-electron chi connectivity index (χ2n) is 8.52. The second-order valence-corrected chi connectivity index (χ2v) is 9.52. The number of carbonyl (C=O) groups excluding carboxylic acids is 2. The van der Waals surface area contributed by atoms with Crippen molar-refractivity contribution in [1.82, 2.24) is 9.80 Å². The number of carbonyl (C=O) groups is 2. The number of unbranched alkanes of at least 4 members (excludes halogenated alkanes) is 2. The molecule has 162 valence electrons. The molecule has 2 heterocycles. The van der Waals surface area contributed by atoms with Gasteiger partial charge in [-0.15, -0.1) is 11.3 Å². The maximum atomic E-state index is 13.5. The summed E-state index contributed by atoms with van der Waals surface area (Å²) in [5.41, 5.74) is 3.61. The topological polar surface area (TPSA) is 40.6 Å². The Morgan fingerprint density at radius 1 is 1.17 bits per heavy atom. The van der Waals surface area contributed by atoms with E-state index in [0.29, 0.717) is 13.1 Å². The van der Waals surface area contributed by atoms with Crippen molar-refractivity contribution in [2.45, 2.75) is 59.4 Å². The molecule has 30 heavy (non-hydrogen) atoms. The van der Waals surface area contributed by atoms with Crippen molar-refractivity contribution in [1.29, 1.82) is 0 Å². The van der Waals surface area contributed by atoms with Gasteiger partial charge in [-0.1, -0.05) is 57.9 Å². The van der Waals surface area contributed by atoms with E-state index in [4.69, 9.17) is 0 Å². The van der Waals surface area contributed by atoms with Crippen LogP contribution in [0.4, 0.5) is 0 Å². The molecule has 3 rings (SSSR count). The molecule has 0 saturated carbocycles. The molecular weight excluding hydrogens is 392 g/mol. The highest BCUT2D eigenvalue weighted by Gasteiger charge is 2.34. The summed E-state index contributed by atoms with van der Waals surface area (Å²) in [6.45, 7) is 9.61. The van der Waals surface area contributed by atoms with Crippen molar-refractivity contribution >= 4 is 23.2 Å². The van der Waals surface area contributed by atoms with Crippen LogP contribution < -0.4 is 0 Å². The Kier molecular flexibility index (Phi) is 7.70. The third-order valence-corrected chi connectivity index (χ3v) is 6.93. The van der Waals surface area contributed by atoms with Crippen LogP contribution in [0.1, 0.15) is 67.6 Å². The van der Waals surface area contributed by atoms with Crippen molar-refractivity contribution in [3.63, 3.8) is 0 Å². The molecule has 1 aromatic carbocycles. The van der Waals surface area contributed by atoms with E-state index >= 15 is 0 Å². The van der Waals surface area contributed by atoms with Gasteiger partial charge in [0, 0.05) is 23.9 Å². The summed E-state index contributed by atoms with van der Waals surface area (Å²) in [7, 11) is 0. The number of thiophene rings is 1. The van der Waals surface area contributed by atoms with Crippen LogP contribution in [0, 0.1) is 12.8 Å². The lowest BCUT2D eigenvalue weighted by Gasteiger charge is -2.38. The molecule has 0 bridgehead atoms. The molecule has 5 heteroatoms. The maximum Gasteiger partial charge on any atom is 0.242 e. The molecule has 4 nitrogen and oxygen atoms in total. The summed E-state index contributed by atoms with van der Waals surface area (Å²) in [5, 5.41) is 2.13. The van der Waals surface area contributed by atoms with E-state index in [0.717, 1.165) is 25.7 Å². The van der Waals surface area contributed by atoms with Crippen LogP contribution in [-0.4, -0.2) is 41.2 Å². The zero-order valence-corrected chi connectivity index (χ0v) is 19.5. The Morgan fingerprint density at radius 2 is 1.93 bits per heavy atom. The predicted molar refractivity (Wildman–Crippen MR) is 124 cm³/mol. The lowest BCUT2D eigenvalue weighted by atomic mass is 9.90. The van der Waals surface area contributed by atoms with Gasteiger partial charge in [0.25, 0.3) is 0 Å². The number of hydrogen-bond donors (Lipinski definition) is 0. The van der Waals surface area contributed by atoms with Gasteiger partial charge in [-0.25, -0.2) is 0 Å². The van der Waals surface area contributed by atoms with Crippen molar-refractivity contribution in [3.05, 3.63) is 57.3 Å². The van der Waals surface area contributed by atoms with Gasteiger partial charge in [-0.2, -0.15) is 0 Å². The minimum absolute atomic E-state index is 0.0469. The molecule has 0 fully saturated rings. The largest absolute Gasteiger partial charge is 0.333 e. The van der Waals surface area contributed by atoms with Crippen molar-refractivity contribution in [2.75, 3.05) is 19.6 Å². The highest BCUT2D eigenvalue weighted by Crippen LogP contribution is 2.39. The summed E-state index contributed by atoms with van der Waals surface area (Å²) in [6, 6.07) is 10.4. The van der Waals surface area contributed by atoms with E-state index in [1.807, 2.05) is 30.9 Å². The van der Waals surface area contributed by atoms with Gasteiger partial charge in [0.05, 0.1) is 12.6 Å². The SMILES string of the molecule is CCCCCN(CC(=O)N1CCc2sccc2C1c1ccccc1C)C(=O)C(C)C. The first-order valence-corrected chi connectivity index (χ1v) is 12.0. The summed E-state index contributed by atoms with van der Waals surface area (Å²) in [4.78, 5) is 31.4. The van der Waals surface area contributed by atoms with Crippen LogP contribution in [-0.2, 0) is 16.0 Å². The quantitative estimate of drug-likeness (QED) is 0.544. The molecule has 1 aliphatic rings. The number of amides is 2. The van der Waals surface area contributed by atoms with Crippen molar-refractivity contribution in [3.8, 4) is 0 Å². The van der Waals surface area contributed by atoms with Crippen LogP contribution in [0.2, 0.25) is 0 Å². The molecular formula is C25H34N2O2S. The van der Waals surface area contributed by atoms with Gasteiger partial charge in [-0.05, 0) is 47.9 Å². The van der Waals surface area contributed by atoms with Gasteiger partial charge in [0.2, 0.25) is 11.8 Å². The standard InChI is InChI=1S/C25H34N2O2S/c1-5-6-9-14-26(25(29)18(2)3)17-23(28)27-15-12-22-21(13-16-30-22)24(27)20-11-8-7-10-19(20)4/h7-8,10-11,13,16,18,24H,5-6,9,12,14-15,17H2,1-4H3. The Bertz CT molecular complexity index is 874. The van der Waals surface area contributed by atoms with Crippen LogP contribution in [0.15, 0.2) is 35.7 Å². The molecule has 1 unspecified atom stereocenters. The molecule has 0 saturated heterocycles. The van der Waals surface area contributed by atoms with Gasteiger partial charge in [0.1, 0.15) is 0 Å². The average Bonchev–Trinajstić information content (AvgIpc) is 3.21. The van der Waals surface area contributed by atoms with Gasteiger partial charge in [-0.3, -0.25) is 9.59 Å². The molecule has 1 aliphatic heterocycles. The van der Waals surface area contributed by atoms with Crippen LogP contribution in [0.25, 0.3) is 0 Å². The minimum atomic E-state index is -0.101. The van der Waals surface area contributed by atoms with Crippen molar-refractivity contribution < 1.29 is 9.59 Å². The molecule has 1 aromatic heterocycles. The lowest BCUT2D eigenvalue weighted by Crippen LogP contribution is -2.47. The summed E-state index contributed by atoms with van der Waals surface area (Å²) >= 11 is 1.78. The molecule has 0 N–H and O–H groups in total. The highest BCUT2D eigenvalue weighted by molar-refractivity contribution is 7.10. The van der Waals surface area contributed by atoms with E-state index in [2.05, 4.69) is 37.4 Å². The van der Waals surface area contributed by atoms with E-state index in [1.165, 1.54) is 21.6 Å². The van der Waals surface area contributed by atoms with Crippen LogP contribution in [0.5, 0.6) is 0 Å². The Hall–Kier alpha value is -2.14. The molecule has 0 radical (unpaired) electrons. The normalized spacial score (nSPS) is 15.9. The monoisotopic (exact) mass is 426 g/mol. The first kappa shape index (κ1) is 22.5. The lowest BCUT2D eigenvalue weighted by molar-refractivity contribution is -0.143. The Morgan fingerprint density at radius 3 is 2.63 bits per heavy atom. The zero-order valence-electron chi connectivity index (χ0n) is 18.7. The van der Waals surface area contributed by atoms with Gasteiger partial charge < -0.3 is 9.80 Å². The second kappa shape index (κ2) is 10.3. The number of nitrogens with zero attached hydrogens (tertiary/aromatic N) is 2. The maximum absolute atomic E-state index is 13.5. The molecule has 1 atom stereocenters. The summed E-state index contributed by atoms with van der Waals surface area (Å²) in [5.74, 6) is 0.0159. The first-order valence-electron chi connectivity index (χ1n) is 11.1. The molecule has 2 aromatic rings. The molecule has 0 aliphatic carbocycles.